The third-order valence-electron chi connectivity index (χ3n) is 5.24. The Morgan fingerprint density at radius 1 is 1.22 bits per heavy atom. The minimum absolute atomic E-state index is 0.111. The average Bonchev–Trinajstić information content (AvgIpc) is 2.79. The van der Waals surface area contributed by atoms with Crippen LogP contribution in [0.4, 0.5) is 17.5 Å². The Morgan fingerprint density at radius 2 is 2.00 bits per heavy atom. The second kappa shape index (κ2) is 9.13. The first-order chi connectivity index (χ1) is 15.5. The molecule has 1 atom stereocenters. The second-order valence-corrected chi connectivity index (χ2v) is 7.82. The lowest BCUT2D eigenvalue weighted by Crippen LogP contribution is -2.34. The smallest absolute Gasteiger partial charge is 0.222 e. The van der Waals surface area contributed by atoms with Gasteiger partial charge in [0, 0.05) is 16.9 Å². The first-order valence-electron chi connectivity index (χ1n) is 10.4. The summed E-state index contributed by atoms with van der Waals surface area (Å²) in [7, 11) is 0. The van der Waals surface area contributed by atoms with E-state index < -0.39 is 0 Å². The zero-order valence-corrected chi connectivity index (χ0v) is 18.6. The Kier molecular flexibility index (Phi) is 6.11. The lowest BCUT2D eigenvalue weighted by atomic mass is 9.94. The Labute approximate surface area is 192 Å². The number of fused-ring (bicyclic) bond motifs is 1. The third-order valence-corrected chi connectivity index (χ3v) is 5.56. The van der Waals surface area contributed by atoms with E-state index >= 15 is 0 Å². The average molecular weight is 443 g/mol. The second-order valence-electron chi connectivity index (χ2n) is 7.41. The van der Waals surface area contributed by atoms with E-state index in [-0.39, 0.29) is 12.0 Å². The summed E-state index contributed by atoms with van der Waals surface area (Å²) in [6.07, 6.45) is 6.58. The minimum Gasteiger partial charge on any atom is -0.368 e. The van der Waals surface area contributed by atoms with Gasteiger partial charge >= 0.3 is 0 Å². The molecule has 3 aromatic rings. The van der Waals surface area contributed by atoms with Gasteiger partial charge in [0.2, 0.25) is 5.95 Å². The SMILES string of the molecule is CCC=C1c2c(Cl)cccc2C=C([C@H](C)Nc2nc(N)ncc2C#N)N1c1ccccc1. The normalized spacial score (nSPS) is 15.0. The molecule has 0 amide bonds. The molecular weight excluding hydrogens is 420 g/mol. The Bertz CT molecular complexity index is 1240. The van der Waals surface area contributed by atoms with E-state index in [4.69, 9.17) is 17.3 Å². The predicted octanol–water partition coefficient (Wildman–Crippen LogP) is 5.70. The van der Waals surface area contributed by atoms with Crippen LogP contribution in [-0.2, 0) is 0 Å². The van der Waals surface area contributed by atoms with Gasteiger partial charge in [-0.15, -0.1) is 0 Å². The van der Waals surface area contributed by atoms with Crippen molar-refractivity contribution in [1.82, 2.24) is 9.97 Å². The fourth-order valence-corrected chi connectivity index (χ4v) is 4.12. The molecule has 1 aliphatic heterocycles. The number of nitrogens with two attached hydrogens (primary N) is 1. The fraction of sp³-hybridized carbons (Fsp3) is 0.160. The third kappa shape index (κ3) is 4.03. The van der Waals surface area contributed by atoms with Crippen LogP contribution in [0.1, 0.15) is 37.0 Å². The van der Waals surface area contributed by atoms with Gasteiger partial charge in [-0.1, -0.05) is 54.9 Å². The van der Waals surface area contributed by atoms with Crippen LogP contribution >= 0.6 is 11.6 Å². The summed E-state index contributed by atoms with van der Waals surface area (Å²) in [4.78, 5) is 10.4. The van der Waals surface area contributed by atoms with Crippen LogP contribution in [0.2, 0.25) is 5.02 Å². The first-order valence-corrected chi connectivity index (χ1v) is 10.8. The number of nitrogens with zero attached hydrogens (tertiary/aromatic N) is 4. The molecular formula is C25H23ClN6. The van der Waals surface area contributed by atoms with E-state index in [0.29, 0.717) is 16.4 Å². The highest BCUT2D eigenvalue weighted by Crippen LogP contribution is 2.42. The molecule has 2 aromatic carbocycles. The molecule has 32 heavy (non-hydrogen) atoms. The molecule has 1 aromatic heterocycles. The summed E-state index contributed by atoms with van der Waals surface area (Å²) in [5, 5.41) is 13.5. The van der Waals surface area contributed by atoms with E-state index in [2.05, 4.69) is 63.5 Å². The molecule has 0 spiro atoms. The van der Waals surface area contributed by atoms with Gasteiger partial charge in [0.15, 0.2) is 0 Å². The van der Waals surface area contributed by atoms with Crippen LogP contribution < -0.4 is 16.0 Å². The van der Waals surface area contributed by atoms with Gasteiger partial charge in [-0.05, 0) is 43.2 Å². The molecule has 1 aliphatic rings. The van der Waals surface area contributed by atoms with E-state index in [0.717, 1.165) is 34.6 Å². The van der Waals surface area contributed by atoms with Crippen LogP contribution in [0.5, 0.6) is 0 Å². The lowest BCUT2D eigenvalue weighted by molar-refractivity contribution is 0.878. The number of hydrogen-bond acceptors (Lipinski definition) is 6. The number of benzene rings is 2. The van der Waals surface area contributed by atoms with Crippen molar-refractivity contribution in [1.29, 1.82) is 5.26 Å². The minimum atomic E-state index is -0.205. The van der Waals surface area contributed by atoms with Gasteiger partial charge in [0.25, 0.3) is 0 Å². The number of aromatic nitrogens is 2. The Hall–Kier alpha value is -3.82. The number of allylic oxidation sites excluding steroid dienone is 1. The van der Waals surface area contributed by atoms with Crippen LogP contribution in [0.15, 0.2) is 66.5 Å². The number of rotatable bonds is 5. The maximum atomic E-state index is 9.48. The summed E-state index contributed by atoms with van der Waals surface area (Å²) in [6, 6.07) is 18.0. The van der Waals surface area contributed by atoms with E-state index in [1.54, 1.807) is 0 Å². The fourth-order valence-electron chi connectivity index (χ4n) is 3.84. The summed E-state index contributed by atoms with van der Waals surface area (Å²) < 4.78 is 0. The molecule has 0 saturated carbocycles. The van der Waals surface area contributed by atoms with E-state index in [1.165, 1.54) is 6.20 Å². The van der Waals surface area contributed by atoms with Crippen LogP contribution in [0.3, 0.4) is 0 Å². The number of nitriles is 1. The van der Waals surface area contributed by atoms with Gasteiger partial charge in [0.05, 0.1) is 23.0 Å². The van der Waals surface area contributed by atoms with E-state index in [9.17, 15) is 5.26 Å². The highest BCUT2D eigenvalue weighted by molar-refractivity contribution is 6.33. The number of para-hydroxylation sites is 1. The van der Waals surface area contributed by atoms with Crippen molar-refractivity contribution in [2.75, 3.05) is 16.0 Å². The molecule has 4 rings (SSSR count). The molecule has 7 heteroatoms. The molecule has 0 saturated heterocycles. The monoisotopic (exact) mass is 442 g/mol. The molecule has 0 unspecified atom stereocenters. The van der Waals surface area contributed by atoms with Crippen molar-refractivity contribution >= 4 is 40.8 Å². The molecule has 160 valence electrons. The number of nitrogen functional groups attached to an aromatic ring is 1. The number of anilines is 3. The highest BCUT2D eigenvalue weighted by Gasteiger charge is 2.29. The van der Waals surface area contributed by atoms with Crippen LogP contribution in [0, 0.1) is 11.3 Å². The highest BCUT2D eigenvalue weighted by atomic mass is 35.5. The largest absolute Gasteiger partial charge is 0.368 e. The summed E-state index contributed by atoms with van der Waals surface area (Å²) in [5.74, 6) is 0.513. The molecule has 0 aliphatic carbocycles. The van der Waals surface area contributed by atoms with Crippen LogP contribution in [-0.4, -0.2) is 16.0 Å². The number of nitrogens with one attached hydrogen (secondary N) is 1. The van der Waals surface area contributed by atoms with Crippen molar-refractivity contribution in [2.24, 2.45) is 0 Å². The van der Waals surface area contributed by atoms with Gasteiger partial charge in [-0.3, -0.25) is 0 Å². The molecule has 6 nitrogen and oxygen atoms in total. The summed E-state index contributed by atoms with van der Waals surface area (Å²) >= 11 is 6.66. The Morgan fingerprint density at radius 3 is 2.72 bits per heavy atom. The van der Waals surface area contributed by atoms with Gasteiger partial charge in [-0.25, -0.2) is 4.98 Å². The standard InChI is InChI=1S/C25H23ClN6/c1-3-8-21-23-17(9-7-12-20(23)26)13-22(32(21)19-10-5-4-6-11-19)16(2)30-24-18(14-27)15-29-25(28)31-24/h4-13,15-16H,3H2,1-2H3,(H3,28,29,30,31)/t16-/m0/s1. The predicted molar refractivity (Wildman–Crippen MR) is 131 cm³/mol. The maximum Gasteiger partial charge on any atom is 0.222 e. The van der Waals surface area contributed by atoms with Crippen molar-refractivity contribution < 1.29 is 0 Å². The first kappa shape index (κ1) is 21.4. The van der Waals surface area contributed by atoms with Gasteiger partial charge in [-0.2, -0.15) is 10.2 Å². The van der Waals surface area contributed by atoms with Crippen molar-refractivity contribution in [2.45, 2.75) is 26.3 Å². The molecule has 0 bridgehead atoms. The Balaban J connectivity index is 1.87. The topological polar surface area (TPSA) is 90.9 Å². The molecule has 2 heterocycles. The van der Waals surface area contributed by atoms with Crippen molar-refractivity contribution in [3.8, 4) is 6.07 Å². The number of halogens is 1. The molecule has 3 N–H and O–H groups in total. The lowest BCUT2D eigenvalue weighted by Gasteiger charge is -2.38. The van der Waals surface area contributed by atoms with Crippen molar-refractivity contribution in [3.05, 3.63) is 88.2 Å². The zero-order chi connectivity index (χ0) is 22.7. The van der Waals surface area contributed by atoms with Gasteiger partial charge in [0.1, 0.15) is 17.5 Å². The molecule has 0 fully saturated rings. The quantitative estimate of drug-likeness (QED) is 0.526. The maximum absolute atomic E-state index is 9.48. The number of hydrogen-bond donors (Lipinski definition) is 2. The summed E-state index contributed by atoms with van der Waals surface area (Å²) in [6.45, 7) is 4.13. The summed E-state index contributed by atoms with van der Waals surface area (Å²) in [5.41, 5.74) is 11.2. The van der Waals surface area contributed by atoms with Crippen LogP contribution in [0.25, 0.3) is 11.8 Å². The van der Waals surface area contributed by atoms with E-state index in [1.807, 2.05) is 37.3 Å². The van der Waals surface area contributed by atoms with Crippen molar-refractivity contribution in [3.63, 3.8) is 0 Å². The zero-order valence-electron chi connectivity index (χ0n) is 17.9. The molecule has 0 radical (unpaired) electrons. The van der Waals surface area contributed by atoms with Gasteiger partial charge < -0.3 is 16.0 Å².